The normalized spacial score (nSPS) is 12.6. The second kappa shape index (κ2) is 7.25. The number of carbonyl (C=O) groups is 2. The summed E-state index contributed by atoms with van der Waals surface area (Å²) in [5.41, 5.74) is 3.26. The molecule has 0 fully saturated rings. The lowest BCUT2D eigenvalue weighted by Gasteiger charge is -2.16. The van der Waals surface area contributed by atoms with E-state index >= 15 is 0 Å². The average molecular weight is 378 g/mol. The van der Waals surface area contributed by atoms with E-state index in [0.29, 0.717) is 17.9 Å². The number of thiophene rings is 1. The molecule has 5 nitrogen and oxygen atoms in total. The van der Waals surface area contributed by atoms with Crippen molar-refractivity contribution in [1.29, 1.82) is 0 Å². The van der Waals surface area contributed by atoms with Crippen LogP contribution in [0.2, 0.25) is 0 Å². The Balaban J connectivity index is 1.50. The van der Waals surface area contributed by atoms with Crippen LogP contribution in [-0.2, 0) is 6.42 Å². The lowest BCUT2D eigenvalue weighted by Crippen LogP contribution is -2.28. The number of hydrogen-bond donors (Lipinski definition) is 1. The Morgan fingerprint density at radius 3 is 2.63 bits per heavy atom. The number of amides is 2. The lowest BCUT2D eigenvalue weighted by atomic mass is 10.1. The van der Waals surface area contributed by atoms with Crippen LogP contribution in [0.3, 0.4) is 0 Å². The van der Waals surface area contributed by atoms with E-state index in [0.717, 1.165) is 28.2 Å². The summed E-state index contributed by atoms with van der Waals surface area (Å²) >= 11 is 1.45. The van der Waals surface area contributed by atoms with Crippen LogP contribution >= 0.6 is 11.3 Å². The van der Waals surface area contributed by atoms with Gasteiger partial charge in [0.05, 0.1) is 12.0 Å². The van der Waals surface area contributed by atoms with Gasteiger partial charge in [-0.1, -0.05) is 6.07 Å². The molecular weight excluding hydrogens is 360 g/mol. The molecule has 0 radical (unpaired) electrons. The van der Waals surface area contributed by atoms with Gasteiger partial charge in [0.1, 0.15) is 5.75 Å². The number of nitrogens with one attached hydrogen (secondary N) is 1. The molecule has 0 unspecified atom stereocenters. The molecule has 4 rings (SSSR count). The fourth-order valence-electron chi connectivity index (χ4n) is 3.17. The highest BCUT2D eigenvalue weighted by Crippen LogP contribution is 2.32. The molecule has 2 heterocycles. The van der Waals surface area contributed by atoms with Crippen LogP contribution in [0, 0.1) is 0 Å². The monoisotopic (exact) mass is 378 g/mol. The smallest absolute Gasteiger partial charge is 0.268 e. The number of nitrogens with zero attached hydrogens (tertiary/aromatic N) is 1. The molecule has 6 heteroatoms. The minimum atomic E-state index is -0.179. The number of benzene rings is 2. The quantitative estimate of drug-likeness (QED) is 0.740. The van der Waals surface area contributed by atoms with Gasteiger partial charge in [-0.2, -0.15) is 0 Å². The fourth-order valence-corrected chi connectivity index (χ4v) is 3.84. The molecule has 2 aromatic carbocycles. The SMILES string of the molecule is COc1ccc(C(=O)Nc2ccc3c(c2)CCN3C(=O)c2cccs2)cc1. The molecule has 0 aliphatic carbocycles. The number of rotatable bonds is 4. The highest BCUT2D eigenvalue weighted by atomic mass is 32.1. The Morgan fingerprint density at radius 2 is 1.93 bits per heavy atom. The average Bonchev–Trinajstić information content (AvgIpc) is 3.37. The van der Waals surface area contributed by atoms with Crippen molar-refractivity contribution in [2.75, 3.05) is 23.9 Å². The zero-order valence-corrected chi connectivity index (χ0v) is 15.6. The van der Waals surface area contributed by atoms with E-state index in [9.17, 15) is 9.59 Å². The molecule has 136 valence electrons. The number of carbonyl (C=O) groups excluding carboxylic acids is 2. The Labute approximate surface area is 161 Å². The maximum absolute atomic E-state index is 12.6. The first-order valence-electron chi connectivity index (χ1n) is 8.59. The highest BCUT2D eigenvalue weighted by Gasteiger charge is 2.26. The zero-order chi connectivity index (χ0) is 18.8. The second-order valence-corrected chi connectivity index (χ2v) is 7.16. The van der Waals surface area contributed by atoms with E-state index in [1.807, 2.05) is 35.7 Å². The predicted octanol–water partition coefficient (Wildman–Crippen LogP) is 4.21. The summed E-state index contributed by atoms with van der Waals surface area (Å²) in [5.74, 6) is 0.556. The molecule has 1 aliphatic rings. The summed E-state index contributed by atoms with van der Waals surface area (Å²) in [4.78, 5) is 27.6. The summed E-state index contributed by atoms with van der Waals surface area (Å²) in [6.07, 6.45) is 0.776. The first-order valence-corrected chi connectivity index (χ1v) is 9.47. The molecule has 0 saturated heterocycles. The van der Waals surface area contributed by atoms with Gasteiger partial charge in [0.15, 0.2) is 0 Å². The van der Waals surface area contributed by atoms with Crippen LogP contribution < -0.4 is 15.0 Å². The number of ether oxygens (including phenoxy) is 1. The van der Waals surface area contributed by atoms with Gasteiger partial charge in [-0.25, -0.2) is 0 Å². The molecule has 27 heavy (non-hydrogen) atoms. The van der Waals surface area contributed by atoms with Gasteiger partial charge < -0.3 is 15.0 Å². The van der Waals surface area contributed by atoms with Crippen molar-refractivity contribution in [2.24, 2.45) is 0 Å². The topological polar surface area (TPSA) is 58.6 Å². The third-order valence-electron chi connectivity index (χ3n) is 4.56. The Bertz CT molecular complexity index is 981. The van der Waals surface area contributed by atoms with E-state index in [-0.39, 0.29) is 11.8 Å². The summed E-state index contributed by atoms with van der Waals surface area (Å²) in [6, 6.07) is 16.4. The van der Waals surface area contributed by atoms with Crippen LogP contribution in [0.15, 0.2) is 60.0 Å². The predicted molar refractivity (Wildman–Crippen MR) is 107 cm³/mol. The Kier molecular flexibility index (Phi) is 4.64. The van der Waals surface area contributed by atoms with E-state index < -0.39 is 0 Å². The first kappa shape index (κ1) is 17.3. The van der Waals surface area contributed by atoms with Crippen LogP contribution in [0.4, 0.5) is 11.4 Å². The summed E-state index contributed by atoms with van der Waals surface area (Å²) < 4.78 is 5.11. The van der Waals surface area contributed by atoms with Crippen molar-refractivity contribution >= 4 is 34.5 Å². The second-order valence-electron chi connectivity index (χ2n) is 6.21. The maximum Gasteiger partial charge on any atom is 0.268 e. The van der Waals surface area contributed by atoms with Gasteiger partial charge in [0.25, 0.3) is 11.8 Å². The lowest BCUT2D eigenvalue weighted by molar-refractivity contribution is 0.0991. The molecule has 0 atom stereocenters. The Morgan fingerprint density at radius 1 is 1.11 bits per heavy atom. The molecule has 3 aromatic rings. The minimum Gasteiger partial charge on any atom is -0.497 e. The minimum absolute atomic E-state index is 0.0266. The van der Waals surface area contributed by atoms with Crippen molar-refractivity contribution < 1.29 is 14.3 Å². The third-order valence-corrected chi connectivity index (χ3v) is 5.42. The molecular formula is C21H18N2O3S. The zero-order valence-electron chi connectivity index (χ0n) is 14.8. The van der Waals surface area contributed by atoms with Crippen LogP contribution in [0.25, 0.3) is 0 Å². The summed E-state index contributed by atoms with van der Waals surface area (Å²) in [5, 5.41) is 4.82. The van der Waals surface area contributed by atoms with Gasteiger partial charge in [0, 0.05) is 23.5 Å². The molecule has 0 bridgehead atoms. The number of anilines is 2. The van der Waals surface area contributed by atoms with Gasteiger partial charge in [0.2, 0.25) is 0 Å². The van der Waals surface area contributed by atoms with Crippen LogP contribution in [0.5, 0.6) is 5.75 Å². The summed E-state index contributed by atoms with van der Waals surface area (Å²) in [7, 11) is 1.59. The molecule has 1 aliphatic heterocycles. The molecule has 1 N–H and O–H groups in total. The van der Waals surface area contributed by atoms with Crippen LogP contribution in [0.1, 0.15) is 25.6 Å². The molecule has 2 amide bonds. The third kappa shape index (κ3) is 3.44. The van der Waals surface area contributed by atoms with Gasteiger partial charge >= 0.3 is 0 Å². The van der Waals surface area contributed by atoms with Crippen molar-refractivity contribution in [3.8, 4) is 5.75 Å². The Hall–Kier alpha value is -3.12. The van der Waals surface area contributed by atoms with Gasteiger partial charge in [-0.05, 0) is 65.9 Å². The number of hydrogen-bond acceptors (Lipinski definition) is 4. The molecule has 0 spiro atoms. The van der Waals surface area contributed by atoms with Crippen LogP contribution in [-0.4, -0.2) is 25.5 Å². The maximum atomic E-state index is 12.6. The first-order chi connectivity index (χ1) is 13.2. The van der Waals surface area contributed by atoms with Crippen molar-refractivity contribution in [1.82, 2.24) is 0 Å². The van der Waals surface area contributed by atoms with Crippen molar-refractivity contribution in [3.63, 3.8) is 0 Å². The van der Waals surface area contributed by atoms with Gasteiger partial charge in [-0.3, -0.25) is 9.59 Å². The van der Waals surface area contributed by atoms with Crippen molar-refractivity contribution in [3.05, 3.63) is 76.0 Å². The number of methoxy groups -OCH3 is 1. The summed E-state index contributed by atoms with van der Waals surface area (Å²) in [6.45, 7) is 0.655. The van der Waals surface area contributed by atoms with E-state index in [4.69, 9.17) is 4.74 Å². The number of fused-ring (bicyclic) bond motifs is 1. The van der Waals surface area contributed by atoms with E-state index in [1.54, 1.807) is 36.3 Å². The molecule has 1 aromatic heterocycles. The molecule has 0 saturated carbocycles. The van der Waals surface area contributed by atoms with Gasteiger partial charge in [-0.15, -0.1) is 11.3 Å². The van der Waals surface area contributed by atoms with E-state index in [2.05, 4.69) is 5.32 Å². The fraction of sp³-hybridized carbons (Fsp3) is 0.143. The highest BCUT2D eigenvalue weighted by molar-refractivity contribution is 7.12. The largest absolute Gasteiger partial charge is 0.497 e. The van der Waals surface area contributed by atoms with E-state index in [1.165, 1.54) is 11.3 Å². The van der Waals surface area contributed by atoms with Crippen molar-refractivity contribution in [2.45, 2.75) is 6.42 Å². The standard InChI is InChI=1S/C21H18N2O3S/c1-26-17-7-4-14(5-8-17)20(24)22-16-6-9-18-15(13-16)10-11-23(18)21(25)19-3-2-12-27-19/h2-9,12-13H,10-11H2,1H3,(H,22,24).